The minimum Gasteiger partial charge on any atom is -0.460 e. The third-order valence-corrected chi connectivity index (χ3v) is 4.50. The largest absolute Gasteiger partial charge is 0.460 e. The summed E-state index contributed by atoms with van der Waals surface area (Å²) in [6, 6.07) is 3.95. The average molecular weight is 342 g/mol. The fourth-order valence-electron chi connectivity index (χ4n) is 3.17. The van der Waals surface area contributed by atoms with Gasteiger partial charge in [-0.05, 0) is 19.1 Å². The van der Waals surface area contributed by atoms with E-state index in [4.69, 9.17) is 8.94 Å². The Bertz CT molecular complexity index is 828. The maximum absolute atomic E-state index is 5.72. The van der Waals surface area contributed by atoms with Gasteiger partial charge in [-0.2, -0.15) is 10.1 Å². The van der Waals surface area contributed by atoms with Gasteiger partial charge in [0.25, 0.3) is 0 Å². The third-order valence-electron chi connectivity index (χ3n) is 4.50. The minimum atomic E-state index is 0.620. The Hall–Kier alpha value is -2.45. The fourth-order valence-corrected chi connectivity index (χ4v) is 3.17. The third kappa shape index (κ3) is 3.64. The number of aromatic amines is 1. The van der Waals surface area contributed by atoms with Crippen LogP contribution in [0.25, 0.3) is 11.5 Å². The van der Waals surface area contributed by atoms with Crippen molar-refractivity contribution < 1.29 is 8.94 Å². The molecule has 0 spiro atoms. The second kappa shape index (κ2) is 6.81. The van der Waals surface area contributed by atoms with Gasteiger partial charge in [0.15, 0.2) is 11.6 Å². The number of furan rings is 1. The van der Waals surface area contributed by atoms with Crippen LogP contribution in [0.5, 0.6) is 0 Å². The number of nitrogens with zero attached hydrogens (tertiary/aromatic N) is 5. The highest BCUT2D eigenvalue weighted by Crippen LogP contribution is 2.24. The van der Waals surface area contributed by atoms with Crippen molar-refractivity contribution in [3.05, 3.63) is 41.4 Å². The van der Waals surface area contributed by atoms with E-state index in [1.54, 1.807) is 0 Å². The predicted octanol–water partition coefficient (Wildman–Crippen LogP) is 1.99. The highest BCUT2D eigenvalue weighted by atomic mass is 16.5. The van der Waals surface area contributed by atoms with Crippen molar-refractivity contribution in [3.63, 3.8) is 0 Å². The monoisotopic (exact) mass is 342 g/mol. The summed E-state index contributed by atoms with van der Waals surface area (Å²) < 4.78 is 10.8. The normalized spacial score (nSPS) is 16.6. The van der Waals surface area contributed by atoms with Crippen LogP contribution in [0.1, 0.15) is 23.0 Å². The molecule has 0 radical (unpaired) electrons. The number of aromatic nitrogens is 4. The Morgan fingerprint density at radius 3 is 2.48 bits per heavy atom. The molecule has 3 aromatic heterocycles. The van der Waals surface area contributed by atoms with Crippen LogP contribution in [0, 0.1) is 13.8 Å². The molecule has 25 heavy (non-hydrogen) atoms. The molecule has 0 bridgehead atoms. The number of nitrogens with one attached hydrogen (secondary N) is 1. The van der Waals surface area contributed by atoms with E-state index < -0.39 is 0 Å². The van der Waals surface area contributed by atoms with Crippen LogP contribution < -0.4 is 0 Å². The summed E-state index contributed by atoms with van der Waals surface area (Å²) in [5, 5.41) is 11.2. The van der Waals surface area contributed by atoms with Gasteiger partial charge in [-0.1, -0.05) is 5.16 Å². The first-order valence-electron chi connectivity index (χ1n) is 8.50. The maximum Gasteiger partial charge on any atom is 0.223 e. The summed E-state index contributed by atoms with van der Waals surface area (Å²) in [4.78, 5) is 9.06. The summed E-state index contributed by atoms with van der Waals surface area (Å²) in [6.07, 6.45) is 1.89. The Kier molecular flexibility index (Phi) is 4.37. The maximum atomic E-state index is 5.72. The summed E-state index contributed by atoms with van der Waals surface area (Å²) in [7, 11) is 0. The lowest BCUT2D eigenvalue weighted by Gasteiger charge is -2.33. The first-order chi connectivity index (χ1) is 12.2. The molecule has 8 nitrogen and oxygen atoms in total. The SMILES string of the molecule is Cc1ccc(-c2[nH]ncc2CN2CCN(Cc3noc(C)n3)CC2)o1. The highest BCUT2D eigenvalue weighted by molar-refractivity contribution is 5.56. The molecule has 4 heterocycles. The van der Waals surface area contributed by atoms with Gasteiger partial charge in [0.05, 0.1) is 12.7 Å². The zero-order valence-electron chi connectivity index (χ0n) is 14.5. The van der Waals surface area contributed by atoms with Gasteiger partial charge in [-0.15, -0.1) is 0 Å². The van der Waals surface area contributed by atoms with E-state index in [1.165, 1.54) is 0 Å². The van der Waals surface area contributed by atoms with E-state index in [0.29, 0.717) is 5.89 Å². The van der Waals surface area contributed by atoms with Crippen molar-refractivity contribution in [1.29, 1.82) is 0 Å². The van der Waals surface area contributed by atoms with Gasteiger partial charge in [0.2, 0.25) is 5.89 Å². The van der Waals surface area contributed by atoms with Crippen LogP contribution in [0.3, 0.4) is 0 Å². The topological polar surface area (TPSA) is 87.2 Å². The van der Waals surface area contributed by atoms with Gasteiger partial charge in [0, 0.05) is 45.2 Å². The number of hydrogen-bond acceptors (Lipinski definition) is 7. The molecule has 1 saturated heterocycles. The number of rotatable bonds is 5. The number of hydrogen-bond donors (Lipinski definition) is 1. The smallest absolute Gasteiger partial charge is 0.223 e. The van der Waals surface area contributed by atoms with Gasteiger partial charge < -0.3 is 8.94 Å². The summed E-state index contributed by atoms with van der Waals surface area (Å²) in [6.45, 7) is 9.34. The predicted molar refractivity (Wildman–Crippen MR) is 90.6 cm³/mol. The first kappa shape index (κ1) is 16.0. The fraction of sp³-hybridized carbons (Fsp3) is 0.471. The lowest BCUT2D eigenvalue weighted by atomic mass is 10.2. The molecule has 1 aliphatic rings. The zero-order chi connectivity index (χ0) is 17.2. The Morgan fingerprint density at radius 2 is 1.84 bits per heavy atom. The second-order valence-corrected chi connectivity index (χ2v) is 6.46. The van der Waals surface area contributed by atoms with Gasteiger partial charge in [0.1, 0.15) is 11.5 Å². The second-order valence-electron chi connectivity index (χ2n) is 6.46. The Labute approximate surface area is 145 Å². The molecule has 0 aromatic carbocycles. The molecule has 0 amide bonds. The van der Waals surface area contributed by atoms with E-state index in [-0.39, 0.29) is 0 Å². The molecule has 1 aliphatic heterocycles. The molecule has 8 heteroatoms. The molecule has 0 atom stereocenters. The summed E-state index contributed by atoms with van der Waals surface area (Å²) >= 11 is 0. The van der Waals surface area contributed by atoms with Gasteiger partial charge in [-0.3, -0.25) is 14.9 Å². The van der Waals surface area contributed by atoms with E-state index in [9.17, 15) is 0 Å². The molecule has 1 N–H and O–H groups in total. The number of piperazine rings is 1. The van der Waals surface area contributed by atoms with Crippen molar-refractivity contribution in [1.82, 2.24) is 30.1 Å². The number of aryl methyl sites for hydroxylation is 2. The van der Waals surface area contributed by atoms with Crippen LogP contribution in [0.2, 0.25) is 0 Å². The number of H-pyrrole nitrogens is 1. The molecular weight excluding hydrogens is 320 g/mol. The van der Waals surface area contributed by atoms with Crippen molar-refractivity contribution in [2.24, 2.45) is 0 Å². The highest BCUT2D eigenvalue weighted by Gasteiger charge is 2.21. The quantitative estimate of drug-likeness (QED) is 0.758. The van der Waals surface area contributed by atoms with Crippen LogP contribution in [0.15, 0.2) is 27.3 Å². The zero-order valence-corrected chi connectivity index (χ0v) is 14.5. The lowest BCUT2D eigenvalue weighted by Crippen LogP contribution is -2.45. The van der Waals surface area contributed by atoms with E-state index in [2.05, 4.69) is 30.1 Å². The minimum absolute atomic E-state index is 0.620. The van der Waals surface area contributed by atoms with Crippen molar-refractivity contribution in [3.8, 4) is 11.5 Å². The summed E-state index contributed by atoms with van der Waals surface area (Å²) in [5.41, 5.74) is 2.13. The van der Waals surface area contributed by atoms with E-state index >= 15 is 0 Å². The molecule has 1 fully saturated rings. The standard InChI is InChI=1S/C17H22N6O2/c1-12-3-4-15(24-12)17-14(9-18-20-17)10-22-5-7-23(8-6-22)11-16-19-13(2)25-21-16/h3-4,9H,5-8,10-11H2,1-2H3,(H,18,20). The Balaban J connectivity index is 1.34. The lowest BCUT2D eigenvalue weighted by molar-refractivity contribution is 0.119. The van der Waals surface area contributed by atoms with Gasteiger partial charge >= 0.3 is 0 Å². The van der Waals surface area contributed by atoms with Crippen molar-refractivity contribution >= 4 is 0 Å². The van der Waals surface area contributed by atoms with E-state index in [0.717, 1.165) is 67.9 Å². The molecule has 3 aromatic rings. The van der Waals surface area contributed by atoms with E-state index in [1.807, 2.05) is 32.2 Å². The molecule has 132 valence electrons. The average Bonchev–Trinajstić information content (AvgIpc) is 3.31. The summed E-state index contributed by atoms with van der Waals surface area (Å²) in [5.74, 6) is 3.13. The van der Waals surface area contributed by atoms with Crippen LogP contribution >= 0.6 is 0 Å². The van der Waals surface area contributed by atoms with Crippen LogP contribution in [-0.2, 0) is 13.1 Å². The van der Waals surface area contributed by atoms with Crippen molar-refractivity contribution in [2.45, 2.75) is 26.9 Å². The molecule has 0 aliphatic carbocycles. The van der Waals surface area contributed by atoms with Crippen molar-refractivity contribution in [2.75, 3.05) is 26.2 Å². The van der Waals surface area contributed by atoms with Crippen LogP contribution in [0.4, 0.5) is 0 Å². The molecule has 0 saturated carbocycles. The molecular formula is C17H22N6O2. The first-order valence-corrected chi connectivity index (χ1v) is 8.50. The van der Waals surface area contributed by atoms with Crippen LogP contribution in [-0.4, -0.2) is 56.3 Å². The van der Waals surface area contributed by atoms with Gasteiger partial charge in [-0.25, -0.2) is 0 Å². The molecule has 4 rings (SSSR count). The Morgan fingerprint density at radius 1 is 1.08 bits per heavy atom. The molecule has 0 unspecified atom stereocenters.